The number of aliphatic hydroxyl groups is 1. The lowest BCUT2D eigenvalue weighted by molar-refractivity contribution is 0.0556. The molecule has 3 aromatic heterocycles. The van der Waals surface area contributed by atoms with Gasteiger partial charge in [0.05, 0.1) is 12.7 Å². The van der Waals surface area contributed by atoms with Crippen LogP contribution < -0.4 is 5.32 Å². The molecular weight excluding hydrogens is 312 g/mol. The number of aryl methyl sites for hydroxylation is 1. The van der Waals surface area contributed by atoms with Gasteiger partial charge < -0.3 is 15.0 Å². The Kier molecular flexibility index (Phi) is 4.06. The zero-order valence-corrected chi connectivity index (χ0v) is 13.7. The number of rotatable bonds is 5. The van der Waals surface area contributed by atoms with E-state index in [1.807, 2.05) is 46.6 Å². The van der Waals surface area contributed by atoms with Gasteiger partial charge in [-0.05, 0) is 30.5 Å². The minimum absolute atomic E-state index is 0.131. The van der Waals surface area contributed by atoms with Crippen LogP contribution in [0.4, 0.5) is 0 Å². The van der Waals surface area contributed by atoms with Crippen molar-refractivity contribution in [1.82, 2.24) is 19.7 Å². The van der Waals surface area contributed by atoms with Gasteiger partial charge in [0.15, 0.2) is 0 Å². The molecule has 1 atom stereocenters. The van der Waals surface area contributed by atoms with Crippen LogP contribution in [-0.4, -0.2) is 31.9 Å². The molecule has 0 aliphatic carbocycles. The Morgan fingerprint density at radius 3 is 2.78 bits per heavy atom. The van der Waals surface area contributed by atoms with Crippen LogP contribution in [0, 0.1) is 0 Å². The number of hydrogen-bond donors (Lipinski definition) is 2. The molecule has 0 spiro atoms. The summed E-state index contributed by atoms with van der Waals surface area (Å²) in [5.41, 5.74) is -0.634. The van der Waals surface area contributed by atoms with Gasteiger partial charge in [0.25, 0.3) is 5.91 Å². The van der Waals surface area contributed by atoms with E-state index in [4.69, 9.17) is 0 Å². The molecule has 0 aliphatic heterocycles. The fourth-order valence-corrected chi connectivity index (χ4v) is 3.18. The van der Waals surface area contributed by atoms with Crippen molar-refractivity contribution >= 4 is 17.2 Å². The summed E-state index contributed by atoms with van der Waals surface area (Å²) < 4.78 is 3.48. The maximum absolute atomic E-state index is 12.5. The van der Waals surface area contributed by atoms with Gasteiger partial charge in [-0.2, -0.15) is 5.10 Å². The summed E-state index contributed by atoms with van der Waals surface area (Å²) in [6.07, 6.45) is 5.25. The van der Waals surface area contributed by atoms with Crippen LogP contribution in [0.3, 0.4) is 0 Å². The number of carbonyl (C=O) groups is 1. The topological polar surface area (TPSA) is 72.1 Å². The van der Waals surface area contributed by atoms with E-state index in [1.54, 1.807) is 18.7 Å². The zero-order valence-electron chi connectivity index (χ0n) is 12.9. The molecule has 1 unspecified atom stereocenters. The summed E-state index contributed by atoms with van der Waals surface area (Å²) in [4.78, 5) is 13.3. The molecule has 120 valence electrons. The fraction of sp³-hybridized carbons (Fsp3) is 0.250. The third kappa shape index (κ3) is 3.06. The highest BCUT2D eigenvalue weighted by Crippen LogP contribution is 2.24. The highest BCUT2D eigenvalue weighted by molar-refractivity contribution is 7.10. The third-order valence-corrected chi connectivity index (χ3v) is 4.77. The van der Waals surface area contributed by atoms with E-state index in [1.165, 1.54) is 17.5 Å². The Morgan fingerprint density at radius 1 is 1.39 bits per heavy atom. The monoisotopic (exact) mass is 330 g/mol. The van der Waals surface area contributed by atoms with Crippen molar-refractivity contribution in [3.05, 3.63) is 58.7 Å². The van der Waals surface area contributed by atoms with Crippen molar-refractivity contribution in [3.63, 3.8) is 0 Å². The molecule has 2 N–H and O–H groups in total. The minimum Gasteiger partial charge on any atom is -0.383 e. The predicted octanol–water partition coefficient (Wildman–Crippen LogP) is 1.91. The molecule has 0 aromatic carbocycles. The van der Waals surface area contributed by atoms with Crippen LogP contribution in [0.15, 0.2) is 48.2 Å². The van der Waals surface area contributed by atoms with Gasteiger partial charge in [0, 0.05) is 24.3 Å². The Balaban J connectivity index is 1.77. The van der Waals surface area contributed by atoms with E-state index >= 15 is 0 Å². The van der Waals surface area contributed by atoms with E-state index in [0.29, 0.717) is 11.4 Å². The first-order chi connectivity index (χ1) is 11.0. The van der Waals surface area contributed by atoms with Gasteiger partial charge in [-0.3, -0.25) is 9.48 Å². The van der Waals surface area contributed by atoms with Crippen molar-refractivity contribution in [2.24, 2.45) is 7.05 Å². The van der Waals surface area contributed by atoms with Crippen molar-refractivity contribution in [2.45, 2.75) is 12.5 Å². The first kappa shape index (κ1) is 15.5. The highest BCUT2D eigenvalue weighted by Gasteiger charge is 2.26. The lowest BCUT2D eigenvalue weighted by Gasteiger charge is -2.22. The quantitative estimate of drug-likeness (QED) is 0.751. The summed E-state index contributed by atoms with van der Waals surface area (Å²) in [5.74, 6) is 0.418. The number of nitrogens with one attached hydrogen (secondary N) is 1. The molecule has 0 fully saturated rings. The number of hydrogen-bond acceptors (Lipinski definition) is 4. The first-order valence-corrected chi connectivity index (χ1v) is 8.07. The maximum atomic E-state index is 12.5. The van der Waals surface area contributed by atoms with Crippen molar-refractivity contribution < 1.29 is 9.90 Å². The van der Waals surface area contributed by atoms with Gasteiger partial charge in [0.2, 0.25) is 0 Å². The Bertz CT molecular complexity index is 788. The number of amides is 1. The zero-order chi connectivity index (χ0) is 16.4. The Hall–Kier alpha value is -2.38. The van der Waals surface area contributed by atoms with Crippen molar-refractivity contribution in [1.29, 1.82) is 0 Å². The average Bonchev–Trinajstić information content (AvgIpc) is 3.25. The summed E-state index contributed by atoms with van der Waals surface area (Å²) in [6.45, 7) is 1.82. The molecule has 3 rings (SSSR count). The molecule has 0 saturated heterocycles. The van der Waals surface area contributed by atoms with E-state index in [-0.39, 0.29) is 12.5 Å². The standard InChI is InChI=1S/C16H18N4O2S/c1-16(22,13-6-5-9-23-13)11-17-14(21)12-10-18-19(2)15(12)20-7-3-4-8-20/h3-10,22H,11H2,1-2H3,(H,17,21). The number of carbonyl (C=O) groups excluding carboxylic acids is 1. The molecule has 0 radical (unpaired) electrons. The molecule has 6 nitrogen and oxygen atoms in total. The molecule has 0 aliphatic rings. The number of aromatic nitrogens is 3. The van der Waals surface area contributed by atoms with Gasteiger partial charge >= 0.3 is 0 Å². The van der Waals surface area contributed by atoms with Crippen LogP contribution in [0.25, 0.3) is 5.82 Å². The third-order valence-electron chi connectivity index (χ3n) is 3.65. The number of nitrogens with zero attached hydrogens (tertiary/aromatic N) is 3. The molecular formula is C16H18N4O2S. The normalized spacial score (nSPS) is 13.7. The maximum Gasteiger partial charge on any atom is 0.256 e. The molecule has 3 heterocycles. The van der Waals surface area contributed by atoms with Crippen molar-refractivity contribution in [3.8, 4) is 5.82 Å². The molecule has 7 heteroatoms. The van der Waals surface area contributed by atoms with Gasteiger partial charge in [-0.25, -0.2) is 0 Å². The first-order valence-electron chi connectivity index (χ1n) is 7.19. The van der Waals surface area contributed by atoms with Gasteiger partial charge in [-0.1, -0.05) is 6.07 Å². The molecule has 0 bridgehead atoms. The Labute approximate surface area is 138 Å². The van der Waals surface area contributed by atoms with E-state index in [9.17, 15) is 9.90 Å². The van der Waals surface area contributed by atoms with E-state index in [2.05, 4.69) is 10.4 Å². The number of thiophene rings is 1. The molecule has 3 aromatic rings. The van der Waals surface area contributed by atoms with Crippen LogP contribution >= 0.6 is 11.3 Å². The van der Waals surface area contributed by atoms with Crippen molar-refractivity contribution in [2.75, 3.05) is 6.54 Å². The molecule has 1 amide bonds. The van der Waals surface area contributed by atoms with Crippen LogP contribution in [0.2, 0.25) is 0 Å². The SMILES string of the molecule is Cn1ncc(C(=O)NCC(C)(O)c2cccs2)c1-n1cccc1. The summed E-state index contributed by atoms with van der Waals surface area (Å²) in [7, 11) is 1.79. The summed E-state index contributed by atoms with van der Waals surface area (Å²) in [5, 5.41) is 19.4. The van der Waals surface area contributed by atoms with Crippen LogP contribution in [-0.2, 0) is 12.6 Å². The average molecular weight is 330 g/mol. The second-order valence-corrected chi connectivity index (χ2v) is 6.48. The lowest BCUT2D eigenvalue weighted by atomic mass is 10.1. The summed E-state index contributed by atoms with van der Waals surface area (Å²) in [6, 6.07) is 7.50. The van der Waals surface area contributed by atoms with Crippen LogP contribution in [0.1, 0.15) is 22.2 Å². The van der Waals surface area contributed by atoms with E-state index < -0.39 is 5.60 Å². The second-order valence-electron chi connectivity index (χ2n) is 5.53. The van der Waals surface area contributed by atoms with Gasteiger partial charge in [0.1, 0.15) is 17.0 Å². The van der Waals surface area contributed by atoms with Gasteiger partial charge in [-0.15, -0.1) is 11.3 Å². The van der Waals surface area contributed by atoms with E-state index in [0.717, 1.165) is 4.88 Å². The largest absolute Gasteiger partial charge is 0.383 e. The second kappa shape index (κ2) is 6.02. The smallest absolute Gasteiger partial charge is 0.256 e. The highest BCUT2D eigenvalue weighted by atomic mass is 32.1. The van der Waals surface area contributed by atoms with Crippen LogP contribution in [0.5, 0.6) is 0 Å². The lowest BCUT2D eigenvalue weighted by Crippen LogP contribution is -2.38. The Morgan fingerprint density at radius 2 is 2.13 bits per heavy atom. The minimum atomic E-state index is -1.10. The molecule has 0 saturated carbocycles. The summed E-state index contributed by atoms with van der Waals surface area (Å²) >= 11 is 1.46. The predicted molar refractivity (Wildman–Crippen MR) is 88.8 cm³/mol. The molecule has 23 heavy (non-hydrogen) atoms. The fourth-order valence-electron chi connectivity index (χ4n) is 2.39.